The number of ether oxygens (including phenoxy) is 2. The highest BCUT2D eigenvalue weighted by Crippen LogP contribution is 2.30. The summed E-state index contributed by atoms with van der Waals surface area (Å²) in [6.07, 6.45) is 0.641. The van der Waals surface area contributed by atoms with Crippen LogP contribution in [0.3, 0.4) is 0 Å². The van der Waals surface area contributed by atoms with Gasteiger partial charge in [0.25, 0.3) is 5.91 Å². The van der Waals surface area contributed by atoms with Crippen molar-refractivity contribution in [3.05, 3.63) is 58.6 Å². The van der Waals surface area contributed by atoms with E-state index >= 15 is 0 Å². The van der Waals surface area contributed by atoms with Crippen LogP contribution in [0.4, 0.5) is 0 Å². The highest BCUT2D eigenvalue weighted by atomic mass is 35.5. The number of amides is 3. The molecule has 3 rings (SSSR count). The Bertz CT molecular complexity index is 949. The second-order valence-electron chi connectivity index (χ2n) is 7.06. The molecule has 0 bridgehead atoms. The fourth-order valence-corrected chi connectivity index (χ4v) is 3.22. The molecule has 0 aromatic heterocycles. The van der Waals surface area contributed by atoms with Crippen molar-refractivity contribution in [1.82, 2.24) is 10.6 Å². The van der Waals surface area contributed by atoms with E-state index in [-0.39, 0.29) is 18.7 Å². The van der Waals surface area contributed by atoms with Crippen LogP contribution >= 0.6 is 11.6 Å². The summed E-state index contributed by atoms with van der Waals surface area (Å²) in [5, 5.41) is 5.96. The summed E-state index contributed by atoms with van der Waals surface area (Å²) in [4.78, 5) is 36.3. The van der Waals surface area contributed by atoms with Gasteiger partial charge >= 0.3 is 0 Å². The van der Waals surface area contributed by atoms with Crippen molar-refractivity contribution >= 4 is 29.3 Å². The van der Waals surface area contributed by atoms with E-state index in [1.54, 1.807) is 24.3 Å². The molecule has 2 aromatic carbocycles. The first-order valence-corrected chi connectivity index (χ1v) is 10.3. The molecule has 0 aliphatic carbocycles. The Balaban J connectivity index is 1.56. The molecule has 0 saturated carbocycles. The molecule has 0 spiro atoms. The molecule has 0 radical (unpaired) electrons. The van der Waals surface area contributed by atoms with E-state index in [1.165, 1.54) is 0 Å². The van der Waals surface area contributed by atoms with E-state index in [2.05, 4.69) is 10.6 Å². The average Bonchev–Trinajstić information content (AvgIpc) is 2.76. The van der Waals surface area contributed by atoms with E-state index in [4.69, 9.17) is 26.8 Å². The zero-order valence-corrected chi connectivity index (χ0v) is 17.6. The van der Waals surface area contributed by atoms with Crippen molar-refractivity contribution in [3.8, 4) is 11.5 Å². The van der Waals surface area contributed by atoms with Gasteiger partial charge in [-0.25, -0.2) is 0 Å². The minimum atomic E-state index is -0.893. The van der Waals surface area contributed by atoms with Crippen LogP contribution < -0.4 is 25.8 Å². The largest absolute Gasteiger partial charge is 0.486 e. The van der Waals surface area contributed by atoms with Gasteiger partial charge in [0.1, 0.15) is 19.3 Å². The lowest BCUT2D eigenvalue weighted by atomic mass is 10.1. The Labute approximate surface area is 185 Å². The van der Waals surface area contributed by atoms with Crippen LogP contribution in [0.5, 0.6) is 11.5 Å². The predicted molar refractivity (Wildman–Crippen MR) is 115 cm³/mol. The first kappa shape index (κ1) is 22.4. The Morgan fingerprint density at radius 2 is 1.74 bits per heavy atom. The fourth-order valence-electron chi connectivity index (χ4n) is 3.09. The average molecular weight is 446 g/mol. The smallest absolute Gasteiger partial charge is 0.251 e. The lowest BCUT2D eigenvalue weighted by Crippen LogP contribution is -2.47. The number of carbonyl (C=O) groups is 3. The predicted octanol–water partition coefficient (Wildman–Crippen LogP) is 1.83. The number of carbonyl (C=O) groups excluding carboxylic acids is 3. The zero-order chi connectivity index (χ0) is 22.2. The number of fused-ring (bicyclic) bond motifs is 1. The number of rotatable bonds is 9. The van der Waals surface area contributed by atoms with Gasteiger partial charge in [-0.15, -0.1) is 0 Å². The van der Waals surface area contributed by atoms with E-state index in [0.717, 1.165) is 5.56 Å². The fraction of sp³-hybridized carbons (Fsp3) is 0.318. The third-order valence-electron chi connectivity index (χ3n) is 4.73. The maximum Gasteiger partial charge on any atom is 0.251 e. The van der Waals surface area contributed by atoms with E-state index in [1.807, 2.05) is 18.2 Å². The van der Waals surface area contributed by atoms with Crippen molar-refractivity contribution in [3.63, 3.8) is 0 Å². The molecule has 0 saturated heterocycles. The third-order valence-corrected chi connectivity index (χ3v) is 4.98. The summed E-state index contributed by atoms with van der Waals surface area (Å²) in [7, 11) is 0. The van der Waals surface area contributed by atoms with Crippen LogP contribution in [0.15, 0.2) is 42.5 Å². The van der Waals surface area contributed by atoms with E-state index in [0.29, 0.717) is 48.3 Å². The summed E-state index contributed by atoms with van der Waals surface area (Å²) < 4.78 is 11.1. The molecule has 1 heterocycles. The summed E-state index contributed by atoms with van der Waals surface area (Å²) in [5.41, 5.74) is 6.55. The van der Waals surface area contributed by atoms with Crippen LogP contribution in [0.2, 0.25) is 5.02 Å². The SMILES string of the molecule is NC(=O)CC[C@@H](NC(=O)c1ccc(Cl)cc1)C(=O)NCCc1ccc2c(c1)OCCO2. The Kier molecular flexibility index (Phi) is 7.72. The molecule has 1 atom stereocenters. The van der Waals surface area contributed by atoms with Crippen LogP contribution in [0.25, 0.3) is 0 Å². The van der Waals surface area contributed by atoms with Crippen LogP contribution in [-0.2, 0) is 16.0 Å². The maximum absolute atomic E-state index is 12.7. The molecular formula is C22H24ClN3O5. The minimum absolute atomic E-state index is 0.0266. The highest BCUT2D eigenvalue weighted by molar-refractivity contribution is 6.30. The molecule has 4 N–H and O–H groups in total. The number of halogens is 1. The van der Waals surface area contributed by atoms with Crippen molar-refractivity contribution in [2.24, 2.45) is 5.73 Å². The second kappa shape index (κ2) is 10.7. The third kappa shape index (κ3) is 6.62. The van der Waals surface area contributed by atoms with E-state index in [9.17, 15) is 14.4 Å². The lowest BCUT2D eigenvalue weighted by Gasteiger charge is -2.19. The minimum Gasteiger partial charge on any atom is -0.486 e. The quantitative estimate of drug-likeness (QED) is 0.544. The molecule has 9 heteroatoms. The molecule has 1 aliphatic rings. The standard InChI is InChI=1S/C22H24ClN3O5/c23-16-4-2-15(3-5-16)21(28)26-17(6-8-20(24)27)22(29)25-10-9-14-1-7-18-19(13-14)31-12-11-30-18/h1-5,7,13,17H,6,8-12H2,(H2,24,27)(H,25,29)(H,26,28)/t17-/m1/s1. The molecule has 3 amide bonds. The lowest BCUT2D eigenvalue weighted by molar-refractivity contribution is -0.123. The van der Waals surface area contributed by atoms with Crippen LogP contribution in [0, 0.1) is 0 Å². The first-order chi connectivity index (χ1) is 14.9. The first-order valence-electron chi connectivity index (χ1n) is 9.93. The molecule has 1 aliphatic heterocycles. The van der Waals surface area contributed by atoms with E-state index < -0.39 is 17.9 Å². The van der Waals surface area contributed by atoms with Gasteiger partial charge in [0, 0.05) is 23.6 Å². The number of hydrogen-bond donors (Lipinski definition) is 3. The molecule has 2 aromatic rings. The van der Waals surface area contributed by atoms with Crippen molar-refractivity contribution in [2.75, 3.05) is 19.8 Å². The monoisotopic (exact) mass is 445 g/mol. The van der Waals surface area contributed by atoms with Gasteiger partial charge in [0.15, 0.2) is 11.5 Å². The van der Waals surface area contributed by atoms with Crippen molar-refractivity contribution in [1.29, 1.82) is 0 Å². The number of nitrogens with one attached hydrogen (secondary N) is 2. The van der Waals surface area contributed by atoms with Gasteiger partial charge in [-0.2, -0.15) is 0 Å². The number of hydrogen-bond acceptors (Lipinski definition) is 5. The van der Waals surface area contributed by atoms with Crippen LogP contribution in [0.1, 0.15) is 28.8 Å². The molecular weight excluding hydrogens is 422 g/mol. The second-order valence-corrected chi connectivity index (χ2v) is 7.49. The van der Waals surface area contributed by atoms with Gasteiger partial charge in [-0.1, -0.05) is 17.7 Å². The number of primary amides is 1. The Morgan fingerprint density at radius 1 is 1.03 bits per heavy atom. The molecule has 8 nitrogen and oxygen atoms in total. The van der Waals surface area contributed by atoms with Gasteiger partial charge in [0.2, 0.25) is 11.8 Å². The van der Waals surface area contributed by atoms with Gasteiger partial charge in [-0.05, 0) is 54.8 Å². The topological polar surface area (TPSA) is 120 Å². The van der Waals surface area contributed by atoms with Crippen molar-refractivity contribution < 1.29 is 23.9 Å². The summed E-state index contributed by atoms with van der Waals surface area (Å²) in [6, 6.07) is 11.0. The summed E-state index contributed by atoms with van der Waals surface area (Å²) in [6.45, 7) is 1.38. The molecule has 0 unspecified atom stereocenters. The Hall–Kier alpha value is -3.26. The summed E-state index contributed by atoms with van der Waals surface area (Å²) in [5.74, 6) is 0.0177. The zero-order valence-electron chi connectivity index (χ0n) is 16.9. The van der Waals surface area contributed by atoms with Crippen molar-refractivity contribution in [2.45, 2.75) is 25.3 Å². The summed E-state index contributed by atoms with van der Waals surface area (Å²) >= 11 is 5.84. The highest BCUT2D eigenvalue weighted by Gasteiger charge is 2.22. The van der Waals surface area contributed by atoms with Gasteiger partial charge in [0.05, 0.1) is 0 Å². The van der Waals surface area contributed by atoms with Gasteiger partial charge < -0.3 is 25.8 Å². The molecule has 31 heavy (non-hydrogen) atoms. The number of benzene rings is 2. The Morgan fingerprint density at radius 3 is 2.45 bits per heavy atom. The number of nitrogens with two attached hydrogens (primary N) is 1. The molecule has 164 valence electrons. The molecule has 0 fully saturated rings. The van der Waals surface area contributed by atoms with Gasteiger partial charge in [-0.3, -0.25) is 14.4 Å². The normalized spacial score (nSPS) is 13.2. The maximum atomic E-state index is 12.7. The van der Waals surface area contributed by atoms with Crippen LogP contribution in [-0.4, -0.2) is 43.5 Å².